The van der Waals surface area contributed by atoms with Gasteiger partial charge in [-0.3, -0.25) is 0 Å². The van der Waals surface area contributed by atoms with Crippen LogP contribution in [0.4, 0.5) is 13.2 Å². The van der Waals surface area contributed by atoms with E-state index in [0.717, 1.165) is 12.1 Å². The average Bonchev–Trinajstić information content (AvgIpc) is 2.35. The van der Waals surface area contributed by atoms with Gasteiger partial charge >= 0.3 is 12.1 Å². The number of alkyl halides is 3. The van der Waals surface area contributed by atoms with E-state index in [4.69, 9.17) is 16.7 Å². The SMILES string of the molecule is CCS(=O)(=O)c1ccc(C(=O)O)c(Cl)c1OCC(F)(F)F. The van der Waals surface area contributed by atoms with Gasteiger partial charge in [-0.25, -0.2) is 13.2 Å². The van der Waals surface area contributed by atoms with Crippen LogP contribution in [0.3, 0.4) is 0 Å². The first-order valence-electron chi connectivity index (χ1n) is 5.47. The number of ether oxygens (including phenoxy) is 1. The molecule has 0 saturated carbocycles. The largest absolute Gasteiger partial charge is 0.481 e. The van der Waals surface area contributed by atoms with E-state index in [2.05, 4.69) is 4.74 Å². The standard InChI is InChI=1S/C11H10ClF3O5S/c1-2-21(18,19)7-4-3-6(10(16)17)8(12)9(7)20-5-11(13,14)15/h3-4H,2,5H2,1H3,(H,16,17). The maximum absolute atomic E-state index is 12.2. The molecule has 5 nitrogen and oxygen atoms in total. The van der Waals surface area contributed by atoms with Crippen molar-refractivity contribution in [3.8, 4) is 5.75 Å². The molecule has 118 valence electrons. The summed E-state index contributed by atoms with van der Waals surface area (Å²) >= 11 is 5.66. The number of benzene rings is 1. The van der Waals surface area contributed by atoms with Crippen LogP contribution in [0.1, 0.15) is 17.3 Å². The van der Waals surface area contributed by atoms with Gasteiger partial charge in [-0.1, -0.05) is 18.5 Å². The lowest BCUT2D eigenvalue weighted by Gasteiger charge is -2.15. The zero-order valence-corrected chi connectivity index (χ0v) is 12.1. The van der Waals surface area contributed by atoms with E-state index in [0.29, 0.717) is 0 Å². The third-order valence-electron chi connectivity index (χ3n) is 2.39. The van der Waals surface area contributed by atoms with Gasteiger partial charge < -0.3 is 9.84 Å². The second-order valence-corrected chi connectivity index (χ2v) is 6.49. The quantitative estimate of drug-likeness (QED) is 0.886. The molecule has 0 aliphatic rings. The minimum absolute atomic E-state index is 0.405. The Balaban J connectivity index is 3.46. The molecule has 1 aromatic carbocycles. The van der Waals surface area contributed by atoms with E-state index in [1.54, 1.807) is 0 Å². The van der Waals surface area contributed by atoms with Crippen LogP contribution in [-0.4, -0.2) is 38.0 Å². The molecule has 1 rings (SSSR count). The van der Waals surface area contributed by atoms with E-state index in [-0.39, 0.29) is 0 Å². The first kappa shape index (κ1) is 17.6. The second-order valence-electron chi connectivity index (χ2n) is 3.87. The number of aromatic carboxylic acids is 1. The molecule has 1 aromatic rings. The molecule has 0 saturated heterocycles. The fraction of sp³-hybridized carbons (Fsp3) is 0.364. The highest BCUT2D eigenvalue weighted by Gasteiger charge is 2.31. The predicted molar refractivity (Wildman–Crippen MR) is 67.7 cm³/mol. The van der Waals surface area contributed by atoms with Crippen molar-refractivity contribution in [3.05, 3.63) is 22.7 Å². The number of sulfone groups is 1. The van der Waals surface area contributed by atoms with Gasteiger partial charge in [-0.05, 0) is 12.1 Å². The van der Waals surface area contributed by atoms with Crippen LogP contribution in [0, 0.1) is 0 Å². The van der Waals surface area contributed by atoms with Gasteiger partial charge in [-0.15, -0.1) is 0 Å². The van der Waals surface area contributed by atoms with E-state index < -0.39 is 55.6 Å². The molecule has 0 fully saturated rings. The third kappa shape index (κ3) is 4.24. The van der Waals surface area contributed by atoms with E-state index >= 15 is 0 Å². The monoisotopic (exact) mass is 346 g/mol. The Hall–Kier alpha value is -1.48. The fourth-order valence-electron chi connectivity index (χ4n) is 1.39. The van der Waals surface area contributed by atoms with Crippen molar-refractivity contribution in [2.45, 2.75) is 18.0 Å². The third-order valence-corrected chi connectivity index (χ3v) is 4.51. The molecule has 0 aliphatic carbocycles. The van der Waals surface area contributed by atoms with Gasteiger partial charge in [0.25, 0.3) is 0 Å². The van der Waals surface area contributed by atoms with Crippen LogP contribution in [0.15, 0.2) is 17.0 Å². The van der Waals surface area contributed by atoms with Crippen LogP contribution in [0.25, 0.3) is 0 Å². The zero-order valence-electron chi connectivity index (χ0n) is 10.6. The summed E-state index contributed by atoms with van der Waals surface area (Å²) in [5.74, 6) is -2.73. The normalized spacial score (nSPS) is 12.2. The summed E-state index contributed by atoms with van der Waals surface area (Å²) in [7, 11) is -3.93. The van der Waals surface area contributed by atoms with Crippen molar-refractivity contribution < 1.29 is 36.2 Å². The van der Waals surface area contributed by atoms with Crippen LogP contribution in [0.5, 0.6) is 5.75 Å². The molecule has 0 unspecified atom stereocenters. The summed E-state index contributed by atoms with van der Waals surface area (Å²) in [4.78, 5) is 10.3. The van der Waals surface area contributed by atoms with E-state index in [1.165, 1.54) is 6.92 Å². The van der Waals surface area contributed by atoms with Crippen molar-refractivity contribution in [1.82, 2.24) is 0 Å². The highest BCUT2D eigenvalue weighted by atomic mass is 35.5. The number of carbonyl (C=O) groups is 1. The first-order chi connectivity index (χ1) is 9.49. The summed E-state index contributed by atoms with van der Waals surface area (Å²) < 4.78 is 64.7. The van der Waals surface area contributed by atoms with E-state index in [1.807, 2.05) is 0 Å². The summed E-state index contributed by atoms with van der Waals surface area (Å²) in [6, 6.07) is 1.76. The minimum atomic E-state index is -4.73. The highest BCUT2D eigenvalue weighted by Crippen LogP contribution is 2.36. The molecule has 0 atom stereocenters. The van der Waals surface area contributed by atoms with Gasteiger partial charge in [0, 0.05) is 0 Å². The number of hydrogen-bond donors (Lipinski definition) is 1. The van der Waals surface area contributed by atoms with Crippen LogP contribution in [-0.2, 0) is 9.84 Å². The molecule has 10 heteroatoms. The Morgan fingerprint density at radius 3 is 2.38 bits per heavy atom. The molecule has 0 aromatic heterocycles. The molecular formula is C11H10ClF3O5S. The molecule has 0 heterocycles. The van der Waals surface area contributed by atoms with E-state index in [9.17, 15) is 26.4 Å². The van der Waals surface area contributed by atoms with Gasteiger partial charge in [-0.2, -0.15) is 13.2 Å². The Bertz CT molecular complexity index is 655. The Kier molecular flexibility index (Phi) is 5.11. The number of halogens is 4. The van der Waals surface area contributed by atoms with Gasteiger partial charge in [0.2, 0.25) is 0 Å². The topological polar surface area (TPSA) is 80.7 Å². The molecular weight excluding hydrogens is 337 g/mol. The van der Waals surface area contributed by atoms with Crippen molar-refractivity contribution in [2.24, 2.45) is 0 Å². The summed E-state index contributed by atoms with van der Waals surface area (Å²) in [5, 5.41) is 8.16. The lowest BCUT2D eigenvalue weighted by Crippen LogP contribution is -2.21. The fourth-order valence-corrected chi connectivity index (χ4v) is 2.78. The van der Waals surface area contributed by atoms with Gasteiger partial charge in [0.1, 0.15) is 4.90 Å². The molecule has 0 amide bonds. The van der Waals surface area contributed by atoms with Crippen molar-refractivity contribution >= 4 is 27.4 Å². The van der Waals surface area contributed by atoms with Crippen LogP contribution >= 0.6 is 11.6 Å². The molecule has 0 radical (unpaired) electrons. The molecule has 0 bridgehead atoms. The van der Waals surface area contributed by atoms with Crippen molar-refractivity contribution in [1.29, 1.82) is 0 Å². The maximum Gasteiger partial charge on any atom is 0.422 e. The molecule has 0 spiro atoms. The Morgan fingerprint density at radius 2 is 1.95 bits per heavy atom. The minimum Gasteiger partial charge on any atom is -0.481 e. The molecule has 1 N–H and O–H groups in total. The van der Waals surface area contributed by atoms with Crippen molar-refractivity contribution in [3.63, 3.8) is 0 Å². The maximum atomic E-state index is 12.2. The number of carboxylic acid groups (broad SMARTS) is 1. The van der Waals surface area contributed by atoms with Gasteiger partial charge in [0.15, 0.2) is 22.2 Å². The lowest BCUT2D eigenvalue weighted by molar-refractivity contribution is -0.153. The number of rotatable bonds is 5. The molecule has 0 aliphatic heterocycles. The van der Waals surface area contributed by atoms with Crippen LogP contribution < -0.4 is 4.74 Å². The Morgan fingerprint density at radius 1 is 1.38 bits per heavy atom. The Labute approximate surface area is 123 Å². The predicted octanol–water partition coefficient (Wildman–Crippen LogP) is 2.77. The zero-order chi connectivity index (χ0) is 16.4. The lowest BCUT2D eigenvalue weighted by atomic mass is 10.2. The molecule has 21 heavy (non-hydrogen) atoms. The van der Waals surface area contributed by atoms with Crippen molar-refractivity contribution in [2.75, 3.05) is 12.4 Å². The van der Waals surface area contributed by atoms with Crippen LogP contribution in [0.2, 0.25) is 5.02 Å². The highest BCUT2D eigenvalue weighted by molar-refractivity contribution is 7.91. The second kappa shape index (κ2) is 6.10. The first-order valence-corrected chi connectivity index (χ1v) is 7.50. The smallest absolute Gasteiger partial charge is 0.422 e. The number of hydrogen-bond acceptors (Lipinski definition) is 4. The van der Waals surface area contributed by atoms with Gasteiger partial charge in [0.05, 0.1) is 16.3 Å². The summed E-state index contributed by atoms with van der Waals surface area (Å²) in [6.07, 6.45) is -4.73. The number of carboxylic acids is 1. The average molecular weight is 347 g/mol. The summed E-state index contributed by atoms with van der Waals surface area (Å²) in [5.41, 5.74) is -0.552. The summed E-state index contributed by atoms with van der Waals surface area (Å²) in [6.45, 7) is -0.510.